The monoisotopic (exact) mass is 422 g/mol. The fourth-order valence-corrected chi connectivity index (χ4v) is 3.77. The minimum atomic E-state index is -0.0511. The summed E-state index contributed by atoms with van der Waals surface area (Å²) in [7, 11) is 0. The lowest BCUT2D eigenvalue weighted by Gasteiger charge is -2.14. The van der Waals surface area contributed by atoms with Gasteiger partial charge in [-0.25, -0.2) is 0 Å². The van der Waals surface area contributed by atoms with Crippen LogP contribution in [0.2, 0.25) is 0 Å². The molecule has 0 radical (unpaired) electrons. The van der Waals surface area contributed by atoms with Crippen molar-refractivity contribution in [2.45, 2.75) is 31.6 Å². The van der Waals surface area contributed by atoms with Crippen molar-refractivity contribution >= 4 is 17.7 Å². The van der Waals surface area contributed by atoms with Gasteiger partial charge in [0.2, 0.25) is 5.91 Å². The third-order valence-corrected chi connectivity index (χ3v) is 5.43. The van der Waals surface area contributed by atoms with E-state index in [0.717, 1.165) is 22.7 Å². The number of benzene rings is 2. The van der Waals surface area contributed by atoms with E-state index in [9.17, 15) is 4.79 Å². The quantitative estimate of drug-likeness (QED) is 0.385. The smallest absolute Gasteiger partial charge is 0.230 e. The molecule has 1 unspecified atom stereocenters. The van der Waals surface area contributed by atoms with E-state index >= 15 is 0 Å². The standard InChI is InChI=1S/C23H26N4O2S/c1-4-15-27-22(19-11-13-20(14-12-19)29-5-2)25-26-23(27)30-16-21(28)24-17(3)18-9-7-6-8-10-18/h4,6-14,17H,1,5,15-16H2,2-3H3,(H,24,28). The Labute approximate surface area is 181 Å². The number of carbonyl (C=O) groups is 1. The zero-order valence-corrected chi connectivity index (χ0v) is 18.1. The molecule has 0 saturated heterocycles. The van der Waals surface area contributed by atoms with E-state index in [1.54, 1.807) is 6.08 Å². The van der Waals surface area contributed by atoms with Crippen LogP contribution in [0.4, 0.5) is 0 Å². The number of carbonyl (C=O) groups excluding carboxylic acids is 1. The van der Waals surface area contributed by atoms with Crippen LogP contribution in [0, 0.1) is 0 Å². The van der Waals surface area contributed by atoms with Gasteiger partial charge in [-0.15, -0.1) is 16.8 Å². The molecule has 0 fully saturated rings. The van der Waals surface area contributed by atoms with Crippen LogP contribution in [-0.4, -0.2) is 33.0 Å². The fraction of sp³-hybridized carbons (Fsp3) is 0.261. The first kappa shape index (κ1) is 21.6. The molecule has 3 rings (SSSR count). The van der Waals surface area contributed by atoms with Crippen molar-refractivity contribution in [1.82, 2.24) is 20.1 Å². The van der Waals surface area contributed by atoms with Gasteiger partial charge in [-0.1, -0.05) is 48.2 Å². The van der Waals surface area contributed by atoms with E-state index in [-0.39, 0.29) is 17.7 Å². The summed E-state index contributed by atoms with van der Waals surface area (Å²) in [5.74, 6) is 1.76. The zero-order chi connectivity index (χ0) is 21.3. The van der Waals surface area contributed by atoms with Gasteiger partial charge in [-0.05, 0) is 43.7 Å². The normalized spacial score (nSPS) is 11.7. The number of allylic oxidation sites excluding steroid dienone is 1. The van der Waals surface area contributed by atoms with Crippen molar-refractivity contribution < 1.29 is 9.53 Å². The van der Waals surface area contributed by atoms with Gasteiger partial charge in [0.25, 0.3) is 0 Å². The van der Waals surface area contributed by atoms with Crippen molar-refractivity contribution in [1.29, 1.82) is 0 Å². The highest BCUT2D eigenvalue weighted by molar-refractivity contribution is 7.99. The molecule has 1 heterocycles. The van der Waals surface area contributed by atoms with Crippen LogP contribution in [0.3, 0.4) is 0 Å². The highest BCUT2D eigenvalue weighted by Gasteiger charge is 2.16. The molecule has 0 spiro atoms. The number of amides is 1. The fourth-order valence-electron chi connectivity index (χ4n) is 3.01. The first-order valence-corrected chi connectivity index (χ1v) is 10.8. The summed E-state index contributed by atoms with van der Waals surface area (Å²) in [6, 6.07) is 17.6. The third-order valence-electron chi connectivity index (χ3n) is 4.46. The molecular formula is C23H26N4O2S. The van der Waals surface area contributed by atoms with Gasteiger partial charge in [0.05, 0.1) is 18.4 Å². The Kier molecular flexibility index (Phi) is 7.68. The van der Waals surface area contributed by atoms with Crippen LogP contribution in [0.15, 0.2) is 72.4 Å². The molecule has 30 heavy (non-hydrogen) atoms. The highest BCUT2D eigenvalue weighted by Crippen LogP contribution is 2.26. The Hall–Kier alpha value is -3.06. The summed E-state index contributed by atoms with van der Waals surface area (Å²) in [5.41, 5.74) is 2.00. The summed E-state index contributed by atoms with van der Waals surface area (Å²) in [6.07, 6.45) is 1.79. The average molecular weight is 423 g/mol. The predicted octanol–water partition coefficient (Wildman–Crippen LogP) is 4.50. The molecule has 156 valence electrons. The molecule has 1 N–H and O–H groups in total. The van der Waals surface area contributed by atoms with E-state index in [2.05, 4.69) is 22.1 Å². The van der Waals surface area contributed by atoms with E-state index < -0.39 is 0 Å². The summed E-state index contributed by atoms with van der Waals surface area (Å²) in [5, 5.41) is 12.3. The molecule has 1 amide bonds. The zero-order valence-electron chi connectivity index (χ0n) is 17.2. The minimum Gasteiger partial charge on any atom is -0.494 e. The molecule has 0 aliphatic rings. The average Bonchev–Trinajstić information content (AvgIpc) is 3.16. The first-order chi connectivity index (χ1) is 14.6. The second-order valence-electron chi connectivity index (χ2n) is 6.65. The van der Waals surface area contributed by atoms with Gasteiger partial charge in [0.1, 0.15) is 5.75 Å². The molecule has 2 aromatic carbocycles. The van der Waals surface area contributed by atoms with Crippen LogP contribution in [-0.2, 0) is 11.3 Å². The molecule has 0 bridgehead atoms. The number of hydrogen-bond acceptors (Lipinski definition) is 5. The van der Waals surface area contributed by atoms with Gasteiger partial charge in [0, 0.05) is 12.1 Å². The van der Waals surface area contributed by atoms with E-state index in [1.807, 2.05) is 73.0 Å². The van der Waals surface area contributed by atoms with Gasteiger partial charge in [0.15, 0.2) is 11.0 Å². The summed E-state index contributed by atoms with van der Waals surface area (Å²) >= 11 is 1.36. The van der Waals surface area contributed by atoms with Crippen molar-refractivity contribution in [2.24, 2.45) is 0 Å². The Morgan fingerprint density at radius 1 is 1.20 bits per heavy atom. The lowest BCUT2D eigenvalue weighted by molar-refractivity contribution is -0.119. The second-order valence-corrected chi connectivity index (χ2v) is 7.59. The molecule has 7 heteroatoms. The molecule has 3 aromatic rings. The molecule has 6 nitrogen and oxygen atoms in total. The van der Waals surface area contributed by atoms with E-state index in [1.165, 1.54) is 11.8 Å². The lowest BCUT2D eigenvalue weighted by Crippen LogP contribution is -2.28. The van der Waals surface area contributed by atoms with Crippen molar-refractivity contribution in [3.05, 3.63) is 72.8 Å². The van der Waals surface area contributed by atoms with Crippen molar-refractivity contribution in [3.8, 4) is 17.1 Å². The molecule has 0 aliphatic heterocycles. The van der Waals surface area contributed by atoms with Crippen LogP contribution in [0.25, 0.3) is 11.4 Å². The minimum absolute atomic E-state index is 0.0490. The summed E-state index contributed by atoms with van der Waals surface area (Å²) < 4.78 is 7.46. The lowest BCUT2D eigenvalue weighted by atomic mass is 10.1. The SMILES string of the molecule is C=CCn1c(SCC(=O)NC(C)c2ccccc2)nnc1-c1ccc(OCC)cc1. The summed E-state index contributed by atoms with van der Waals surface area (Å²) in [4.78, 5) is 12.4. The number of ether oxygens (including phenoxy) is 1. The number of nitrogens with one attached hydrogen (secondary N) is 1. The van der Waals surface area contributed by atoms with Gasteiger partial charge < -0.3 is 10.1 Å². The topological polar surface area (TPSA) is 69.0 Å². The Morgan fingerprint density at radius 2 is 1.93 bits per heavy atom. The second kappa shape index (κ2) is 10.6. The van der Waals surface area contributed by atoms with Gasteiger partial charge in [-0.2, -0.15) is 0 Å². The molecule has 0 saturated carbocycles. The number of thioether (sulfide) groups is 1. The maximum absolute atomic E-state index is 12.4. The maximum atomic E-state index is 12.4. The van der Waals surface area contributed by atoms with Gasteiger partial charge in [-0.3, -0.25) is 9.36 Å². The number of rotatable bonds is 10. The first-order valence-electron chi connectivity index (χ1n) is 9.86. The number of hydrogen-bond donors (Lipinski definition) is 1. The predicted molar refractivity (Wildman–Crippen MR) is 121 cm³/mol. The number of aromatic nitrogens is 3. The Morgan fingerprint density at radius 3 is 2.60 bits per heavy atom. The van der Waals surface area contributed by atoms with Crippen LogP contribution in [0.5, 0.6) is 5.75 Å². The van der Waals surface area contributed by atoms with Crippen molar-refractivity contribution in [2.75, 3.05) is 12.4 Å². The molecular weight excluding hydrogens is 396 g/mol. The highest BCUT2D eigenvalue weighted by atomic mass is 32.2. The Bertz CT molecular complexity index is 971. The largest absolute Gasteiger partial charge is 0.494 e. The van der Waals surface area contributed by atoms with Crippen LogP contribution < -0.4 is 10.1 Å². The molecule has 1 aromatic heterocycles. The van der Waals surface area contributed by atoms with E-state index in [4.69, 9.17) is 4.74 Å². The third kappa shape index (κ3) is 5.51. The van der Waals surface area contributed by atoms with Gasteiger partial charge >= 0.3 is 0 Å². The van der Waals surface area contributed by atoms with Crippen LogP contribution >= 0.6 is 11.8 Å². The van der Waals surface area contributed by atoms with Crippen molar-refractivity contribution in [3.63, 3.8) is 0 Å². The van der Waals surface area contributed by atoms with E-state index in [0.29, 0.717) is 18.3 Å². The molecule has 0 aliphatic carbocycles. The van der Waals surface area contributed by atoms with Crippen LogP contribution in [0.1, 0.15) is 25.5 Å². The maximum Gasteiger partial charge on any atom is 0.230 e. The number of nitrogens with zero attached hydrogens (tertiary/aromatic N) is 3. The summed E-state index contributed by atoms with van der Waals surface area (Å²) in [6.45, 7) is 8.94. The molecule has 1 atom stereocenters. The Balaban J connectivity index is 1.67.